The van der Waals surface area contributed by atoms with Crippen molar-refractivity contribution in [2.75, 3.05) is 5.32 Å². The first-order valence-corrected chi connectivity index (χ1v) is 15.6. The number of alkyl carbamates (subject to hydrolysis) is 1. The molecule has 3 N–H and O–H groups in total. The van der Waals surface area contributed by atoms with Crippen molar-refractivity contribution in [3.63, 3.8) is 0 Å². The third-order valence-electron chi connectivity index (χ3n) is 7.19. The lowest BCUT2D eigenvalue weighted by molar-refractivity contribution is -0.157. The lowest BCUT2D eigenvalue weighted by Crippen LogP contribution is -2.41. The summed E-state index contributed by atoms with van der Waals surface area (Å²) in [7, 11) is -3.24. The molecule has 45 heavy (non-hydrogen) atoms. The van der Waals surface area contributed by atoms with Crippen LogP contribution in [0.25, 0.3) is 11.1 Å². The second kappa shape index (κ2) is 12.9. The minimum atomic E-state index is -4.86. The number of halogens is 6. The molecule has 1 amide bonds. The molecule has 8 nitrogen and oxygen atoms in total. The Labute approximate surface area is 257 Å². The van der Waals surface area contributed by atoms with E-state index in [4.69, 9.17) is 9.52 Å². The van der Waals surface area contributed by atoms with Gasteiger partial charge in [-0.1, -0.05) is 12.1 Å². The van der Waals surface area contributed by atoms with Gasteiger partial charge < -0.3 is 15.4 Å². The number of alkyl halides is 6. The number of benzene rings is 1. The lowest BCUT2D eigenvalue weighted by atomic mass is 9.95. The molecule has 0 aliphatic heterocycles. The van der Waals surface area contributed by atoms with E-state index in [1.807, 2.05) is 5.32 Å². The van der Waals surface area contributed by atoms with Crippen LogP contribution in [0.15, 0.2) is 65.8 Å². The molecule has 1 aliphatic carbocycles. The summed E-state index contributed by atoms with van der Waals surface area (Å²) in [6.45, 7) is 4.58. The number of pyridine rings is 2. The molecule has 1 aromatic carbocycles. The Bertz CT molecular complexity index is 1580. The van der Waals surface area contributed by atoms with Crippen molar-refractivity contribution < 1.29 is 40.1 Å². The molecule has 2 atom stereocenters. The van der Waals surface area contributed by atoms with Gasteiger partial charge in [-0.15, -0.1) is 0 Å². The van der Waals surface area contributed by atoms with Crippen LogP contribution in [0.4, 0.5) is 37.0 Å². The van der Waals surface area contributed by atoms with Gasteiger partial charge in [0, 0.05) is 28.6 Å². The summed E-state index contributed by atoms with van der Waals surface area (Å²) >= 11 is 0. The fraction of sp³-hybridized carbons (Fsp3) is 0.433. The van der Waals surface area contributed by atoms with Crippen molar-refractivity contribution in [2.45, 2.75) is 86.6 Å². The van der Waals surface area contributed by atoms with Crippen molar-refractivity contribution >= 4 is 21.6 Å². The van der Waals surface area contributed by atoms with Crippen LogP contribution in [-0.2, 0) is 20.6 Å². The molecule has 244 valence electrons. The zero-order valence-corrected chi connectivity index (χ0v) is 25.4. The number of carbonyl (C=O) groups excluding carboxylic acids is 1. The summed E-state index contributed by atoms with van der Waals surface area (Å²) < 4.78 is 107. The molecule has 1 aliphatic rings. The quantitative estimate of drug-likeness (QED) is 0.221. The number of aromatic nitrogens is 2. The number of hydrogen-bond acceptors (Lipinski definition) is 7. The fourth-order valence-corrected chi connectivity index (χ4v) is 6.83. The van der Waals surface area contributed by atoms with Gasteiger partial charge in [0.15, 0.2) is 6.04 Å². The average molecular weight is 658 g/mol. The number of rotatable bonds is 7. The Morgan fingerprint density at radius 2 is 1.58 bits per heavy atom. The minimum absolute atomic E-state index is 0.103. The third kappa shape index (κ3) is 8.86. The van der Waals surface area contributed by atoms with Crippen LogP contribution in [0, 0.1) is 4.78 Å². The molecule has 0 spiro atoms. The molecular weight excluding hydrogens is 624 g/mol. The normalized spacial score (nSPS) is 19.7. The molecule has 1 saturated carbocycles. The maximum atomic E-state index is 13.9. The smallest absolute Gasteiger partial charge is 0.417 e. The lowest BCUT2D eigenvalue weighted by Gasteiger charge is -2.30. The molecule has 2 unspecified atom stereocenters. The van der Waals surface area contributed by atoms with Crippen LogP contribution in [0.3, 0.4) is 0 Å². The molecule has 2 heterocycles. The minimum Gasteiger partial charge on any atom is -0.444 e. The summed E-state index contributed by atoms with van der Waals surface area (Å²) in [5.41, 5.74) is -1.44. The molecular formula is C30H33F6N5O3S. The highest BCUT2D eigenvalue weighted by Gasteiger charge is 2.44. The van der Waals surface area contributed by atoms with Gasteiger partial charge in [-0.05, 0) is 94.0 Å². The molecule has 3 aromatic rings. The number of amides is 1. The number of carbonyl (C=O) groups is 1. The fourth-order valence-electron chi connectivity index (χ4n) is 4.97. The SMILES string of the molecule is CC(C)(C)OC(=O)NC(c1cc(-c2ccc(S(=N)(=O)[C@H]3CC[C@H](Nc4ccc(C(F)(F)F)cn4)CC3)cc2)ccn1)C(F)(F)F. The number of anilines is 1. The first-order valence-electron chi connectivity index (χ1n) is 14.0. The molecule has 4 rings (SSSR count). The van der Waals surface area contributed by atoms with Crippen molar-refractivity contribution in [2.24, 2.45) is 0 Å². The first kappa shape index (κ1) is 34.0. The molecule has 15 heteroatoms. The molecule has 1 fully saturated rings. The van der Waals surface area contributed by atoms with E-state index in [1.54, 1.807) is 12.1 Å². The van der Waals surface area contributed by atoms with Crippen molar-refractivity contribution in [1.82, 2.24) is 15.3 Å². The molecule has 0 saturated heterocycles. The van der Waals surface area contributed by atoms with Crippen LogP contribution >= 0.6 is 0 Å². The number of nitrogens with zero attached hydrogens (tertiary/aromatic N) is 2. The zero-order valence-electron chi connectivity index (χ0n) is 24.6. The standard InChI is InChI=1S/C30H33F6N5O3S/c1-28(2,3)44-27(42)41-26(30(34,35)36)24-16-19(14-15-38-24)18-4-9-22(10-5-18)45(37,43)23-11-7-21(8-12-23)40-25-13-6-20(17-39-25)29(31,32)33/h4-6,9-10,13-17,21,23,26,37H,7-8,11-12H2,1-3H3,(H,39,40)(H,41,42)/t21-,23-,26?,45?. The number of nitrogens with one attached hydrogen (secondary N) is 3. The Morgan fingerprint density at radius 1 is 0.933 bits per heavy atom. The Balaban J connectivity index is 1.42. The predicted molar refractivity (Wildman–Crippen MR) is 156 cm³/mol. The Morgan fingerprint density at radius 3 is 2.11 bits per heavy atom. The van der Waals surface area contributed by atoms with Gasteiger partial charge in [0.25, 0.3) is 0 Å². The van der Waals surface area contributed by atoms with Crippen molar-refractivity contribution in [3.8, 4) is 11.1 Å². The van der Waals surface area contributed by atoms with E-state index in [-0.39, 0.29) is 10.9 Å². The Hall–Kier alpha value is -3.88. The van der Waals surface area contributed by atoms with Gasteiger partial charge in [-0.2, -0.15) is 26.3 Å². The van der Waals surface area contributed by atoms with Crippen LogP contribution in [0.2, 0.25) is 0 Å². The van der Waals surface area contributed by atoms with E-state index in [9.17, 15) is 35.3 Å². The van der Waals surface area contributed by atoms with Gasteiger partial charge in [-0.25, -0.2) is 18.8 Å². The number of hydrogen-bond donors (Lipinski definition) is 3. The summed E-state index contributed by atoms with van der Waals surface area (Å²) in [6, 6.07) is 8.54. The van der Waals surface area contributed by atoms with Gasteiger partial charge >= 0.3 is 18.4 Å². The average Bonchev–Trinajstić information content (AvgIpc) is 2.95. The van der Waals surface area contributed by atoms with Crippen molar-refractivity contribution in [3.05, 3.63) is 72.2 Å². The van der Waals surface area contributed by atoms with Crippen LogP contribution in [0.1, 0.15) is 63.8 Å². The topological polar surface area (TPSA) is 117 Å². The van der Waals surface area contributed by atoms with E-state index < -0.39 is 56.3 Å². The number of ether oxygens (including phenoxy) is 1. The highest BCUT2D eigenvalue weighted by Crippen LogP contribution is 2.35. The maximum absolute atomic E-state index is 13.9. The zero-order chi connectivity index (χ0) is 33.2. The van der Waals surface area contributed by atoms with E-state index in [2.05, 4.69) is 15.3 Å². The largest absolute Gasteiger partial charge is 0.444 e. The van der Waals surface area contributed by atoms with E-state index >= 15 is 0 Å². The Kier molecular flexibility index (Phi) is 9.71. The van der Waals surface area contributed by atoms with Gasteiger partial charge in [0.05, 0.1) is 21.0 Å². The second-order valence-electron chi connectivity index (χ2n) is 11.8. The summed E-state index contributed by atoms with van der Waals surface area (Å²) in [5.74, 6) is 0.301. The van der Waals surface area contributed by atoms with Gasteiger partial charge in [-0.3, -0.25) is 4.98 Å². The summed E-state index contributed by atoms with van der Waals surface area (Å²) in [5, 5.41) is 4.48. The van der Waals surface area contributed by atoms with E-state index in [1.165, 1.54) is 57.3 Å². The summed E-state index contributed by atoms with van der Waals surface area (Å²) in [4.78, 5) is 20.0. The van der Waals surface area contributed by atoms with Crippen LogP contribution < -0.4 is 10.6 Å². The monoisotopic (exact) mass is 657 g/mol. The third-order valence-corrected chi connectivity index (χ3v) is 9.57. The first-order chi connectivity index (χ1) is 20.8. The molecule has 2 aromatic heterocycles. The predicted octanol–water partition coefficient (Wildman–Crippen LogP) is 8.12. The van der Waals surface area contributed by atoms with Gasteiger partial charge in [0.1, 0.15) is 11.4 Å². The van der Waals surface area contributed by atoms with Gasteiger partial charge in [0.2, 0.25) is 0 Å². The highest BCUT2D eigenvalue weighted by atomic mass is 32.2. The molecule has 0 bridgehead atoms. The summed E-state index contributed by atoms with van der Waals surface area (Å²) in [6.07, 6.45) is -6.66. The highest BCUT2D eigenvalue weighted by molar-refractivity contribution is 7.93. The van der Waals surface area contributed by atoms with Crippen molar-refractivity contribution in [1.29, 1.82) is 4.78 Å². The van der Waals surface area contributed by atoms with E-state index in [0.717, 1.165) is 12.3 Å². The van der Waals surface area contributed by atoms with Crippen LogP contribution in [0.5, 0.6) is 0 Å². The van der Waals surface area contributed by atoms with E-state index in [0.29, 0.717) is 42.6 Å². The molecule has 0 radical (unpaired) electrons. The van der Waals surface area contributed by atoms with Crippen LogP contribution in [-0.4, -0.2) is 43.3 Å². The second-order valence-corrected chi connectivity index (χ2v) is 14.1. The maximum Gasteiger partial charge on any atom is 0.417 e.